The Kier molecular flexibility index (Phi) is 57.9. The molecule has 5 saturated heterocycles. The number of fused-ring (bicyclic) bond motifs is 25. The first-order valence-corrected chi connectivity index (χ1v) is 93.9. The van der Waals surface area contributed by atoms with Crippen LogP contribution in [0.15, 0.2) is 30.3 Å². The Morgan fingerprint density at radius 1 is 0.338 bits per heavy atom. The van der Waals surface area contributed by atoms with Crippen LogP contribution >= 0.6 is 113 Å². The Bertz CT molecular complexity index is 3500. The van der Waals surface area contributed by atoms with Crippen molar-refractivity contribution in [1.82, 2.24) is 9.80 Å². The van der Waals surface area contributed by atoms with E-state index in [4.69, 9.17) is 123 Å². The number of thioether (sulfide) groups is 1. The fourth-order valence-electron chi connectivity index (χ4n) is 37.4. The first-order valence-electron chi connectivity index (χ1n) is 54.4. The third kappa shape index (κ3) is 29.5. The number of hydrogen-bond donors (Lipinski definition) is 0. The van der Waals surface area contributed by atoms with Gasteiger partial charge in [-0.25, -0.2) is 0 Å². The molecule has 20 fully saturated rings. The van der Waals surface area contributed by atoms with Gasteiger partial charge in [0.25, 0.3) is 0 Å². The summed E-state index contributed by atoms with van der Waals surface area (Å²) in [5, 5.41) is 2.00. The van der Waals surface area contributed by atoms with Crippen molar-refractivity contribution in [1.29, 1.82) is 0 Å². The monoisotopic (exact) mass is 2410 g/mol. The van der Waals surface area contributed by atoms with Crippen LogP contribution in [0.3, 0.4) is 0 Å². The molecule has 1 aromatic rings. The summed E-state index contributed by atoms with van der Waals surface area (Å²) in [5.41, 5.74) is 8.01. The van der Waals surface area contributed by atoms with Crippen molar-refractivity contribution in [3.8, 4) is 0 Å². The van der Waals surface area contributed by atoms with Crippen LogP contribution < -0.4 is 0 Å². The van der Waals surface area contributed by atoms with E-state index in [1.54, 1.807) is 38.5 Å². The van der Waals surface area contributed by atoms with Crippen LogP contribution in [-0.4, -0.2) is 158 Å². The normalized spacial score (nSPS) is 43.2. The summed E-state index contributed by atoms with van der Waals surface area (Å²) in [6.07, 6.45) is 51.9. The molecule has 0 aromatic heterocycles. The number of ether oxygens (including phenoxy) is 1. The summed E-state index contributed by atoms with van der Waals surface area (Å²) in [6, 6.07) is 14.3. The minimum absolute atomic E-state index is 0. The first kappa shape index (κ1) is 133. The molecule has 8 nitrogen and oxygen atoms in total. The van der Waals surface area contributed by atoms with Crippen molar-refractivity contribution in [3.63, 3.8) is 0 Å². The maximum absolute atomic E-state index is 6.81. The fourth-order valence-corrected chi connectivity index (χ4v) is 61.4. The third-order valence-corrected chi connectivity index (χ3v) is 65.9. The molecule has 30 heteroatoms. The Balaban J connectivity index is 0.000000226. The summed E-state index contributed by atoms with van der Waals surface area (Å²) in [4.78, 5) is 31.4. The molecule has 139 heavy (non-hydrogen) atoms. The van der Waals surface area contributed by atoms with Gasteiger partial charge in [-0.2, -0.15) is 40.0 Å². The van der Waals surface area contributed by atoms with Crippen molar-refractivity contribution in [3.05, 3.63) is 92.4 Å². The molecule has 42 unspecified atom stereocenters. The predicted octanol–water partition coefficient (Wildman–Crippen LogP) is 38.7. The van der Waals surface area contributed by atoms with Crippen LogP contribution in [0.1, 0.15) is 260 Å². The van der Waals surface area contributed by atoms with Gasteiger partial charge in [0.15, 0.2) is 0 Å². The summed E-state index contributed by atoms with van der Waals surface area (Å²) < 4.78 is 6.81. The van der Waals surface area contributed by atoms with Gasteiger partial charge in [-0.1, -0.05) is 272 Å². The number of halogens is 10. The van der Waals surface area contributed by atoms with Gasteiger partial charge in [0.2, 0.25) is 0 Å². The molecule has 15 aliphatic carbocycles. The Labute approximate surface area is 953 Å². The number of hydrogen-bond acceptors (Lipinski definition) is 4. The van der Waals surface area contributed by atoms with Crippen molar-refractivity contribution in [2.75, 3.05) is 49.0 Å². The molecule has 21 rings (SSSR count). The predicted molar refractivity (Wildman–Crippen MR) is 620 cm³/mol. The summed E-state index contributed by atoms with van der Waals surface area (Å²) >= 11 is -0.319. The van der Waals surface area contributed by atoms with Crippen molar-refractivity contribution < 1.29 is 89.9 Å². The number of nitrogens with zero attached hydrogens (tertiary/aromatic N) is 7. The van der Waals surface area contributed by atoms with E-state index in [2.05, 4.69) is 208 Å². The average Bonchev–Trinajstić information content (AvgIpc) is 1.53. The number of rotatable bonds is 11. The fraction of sp³-hybridized carbons (Fsp3) is 0.899. The molecule has 0 radical (unpaired) electrons. The second kappa shape index (κ2) is 60.5. The van der Waals surface area contributed by atoms with Crippen molar-refractivity contribution in [2.24, 2.45) is 154 Å². The van der Waals surface area contributed by atoms with Gasteiger partial charge in [-0.3, -0.25) is 9.80 Å². The van der Waals surface area contributed by atoms with E-state index in [0.29, 0.717) is 12.2 Å². The molecule has 806 valence electrons. The second-order valence-corrected chi connectivity index (χ2v) is 89.2. The SMILES string of the molecule is CC1CC2C(CC1C)C([Si](C)(C)[N-]c1ccccc1)C1C2C2CCCCC2N1C.C[N-][Si](C)(C)C1C2CCCCC2C2C3CC(C)CCC3N(C)C21.C[N-][Si](C)(C)C1C2CCCCC2C2C3CC(C)CCC3OC21.C[N-][Si](C)(C)C1C2CCCCC2C2C3CC(C)CCC3P(C)C21.C[N-][Si](C)(C)C1C2CCCCC2C2C3CC(C)CCC3SC21.[CH3-].[CH3-].[CH3-].[CH3-].[CH3-].[Cl][Ti][Cl].[Cl][Ti][Cl].[Cl][Ti][Cl].[Cl][Ti][Cl].[Cl][Ti][Cl]. The van der Waals surface area contributed by atoms with E-state index < -0.39 is 126 Å². The van der Waals surface area contributed by atoms with Gasteiger partial charge in [0.05, 0.1) is 12.2 Å². The van der Waals surface area contributed by atoms with E-state index in [0.717, 1.165) is 228 Å². The average molecular weight is 2420 g/mol. The Morgan fingerprint density at radius 2 is 0.691 bits per heavy atom. The Hall–Kier alpha value is 7.08. The van der Waals surface area contributed by atoms with Gasteiger partial charge in [0.1, 0.15) is 0 Å². The zero-order valence-corrected chi connectivity index (χ0v) is 114. The maximum atomic E-state index is 6.81. The van der Waals surface area contributed by atoms with Crippen LogP contribution in [0.4, 0.5) is 5.69 Å². The molecule has 0 N–H and O–H groups in total. The van der Waals surface area contributed by atoms with E-state index in [-0.39, 0.29) is 45.1 Å². The summed E-state index contributed by atoms with van der Waals surface area (Å²) in [7, 11) is 55.0. The molecule has 15 saturated carbocycles. The zero-order chi connectivity index (χ0) is 97.5. The van der Waals surface area contributed by atoms with Gasteiger partial charge in [-0.15, -0.1) is 13.6 Å². The van der Waals surface area contributed by atoms with Crippen molar-refractivity contribution in [2.45, 2.75) is 411 Å². The van der Waals surface area contributed by atoms with Crippen LogP contribution in [0.2, 0.25) is 93.2 Å². The van der Waals surface area contributed by atoms with Crippen LogP contribution in [0.5, 0.6) is 0 Å². The van der Waals surface area contributed by atoms with Gasteiger partial charge in [-0.05, 0) is 338 Å². The molecule has 1 aromatic carbocycles. The quantitative estimate of drug-likeness (QED) is 0.125. The number of likely N-dealkylation sites (tertiary alicyclic amines) is 2. The van der Waals surface area contributed by atoms with E-state index in [9.17, 15) is 0 Å². The van der Waals surface area contributed by atoms with Crippen LogP contribution in [-0.2, 0) is 89.9 Å². The molecule has 5 aliphatic heterocycles. The molecular weight excluding hydrogens is 2220 g/mol. The molecular formula is C109H198Cl10N7OPSSi5Ti5-10. The van der Waals surface area contributed by atoms with E-state index in [1.165, 1.54) is 185 Å². The van der Waals surface area contributed by atoms with Crippen molar-refractivity contribution >= 4 is 160 Å². The summed E-state index contributed by atoms with van der Waals surface area (Å²) in [5.74, 6) is 25.8. The first-order chi connectivity index (χ1) is 63.9. The van der Waals surface area contributed by atoms with Gasteiger partial charge >= 0.3 is 178 Å². The third-order valence-electron chi connectivity index (χ3n) is 42.7. The Morgan fingerprint density at radius 3 is 1.19 bits per heavy atom. The molecule has 5 heterocycles. The van der Waals surface area contributed by atoms with Gasteiger partial charge < -0.3 is 66.8 Å². The molecule has 20 aliphatic rings. The van der Waals surface area contributed by atoms with Crippen LogP contribution in [0, 0.1) is 191 Å². The molecule has 0 amide bonds. The standard InChI is InChI=1S/C26H41N2Si.C20H37N2Si.C20H37NPSi.C19H34NOSi.C19H34NSSi.5CH3.10ClH.5Ti/c1-17-15-21-22(16-18(17)2)26(29(4,5)27-19-11-7-6-8-12-19)25-24(21)20-13-9-10-14-23(20)28(25)3;2*1-13-10-11-17-16(12-13)18-14-8-6-7-9-15(14)20(19(18)22(17)3)23(4,5)21-2;2*1-12-9-10-16-15(11-12)17-13-7-5-6-8-14(13)19(18(17)21-16)22(3,4)20-2;;;;;;;;;;;;;;;;;;;;/h6-8,11-12,17-18,20-26H,9-10,13-16H2,1-5H3;2*13-20H,6-12H2,1-5H3;2*12-19H,5-11H2,1-4H3;5*1H3;10*1H;;;;;/q10*-1;;;;;;;;;;;5*+2/p-10. The second-order valence-electron chi connectivity index (χ2n) is 50.4. The van der Waals surface area contributed by atoms with E-state index in [1.807, 2.05) is 0 Å². The molecule has 0 bridgehead atoms. The summed E-state index contributed by atoms with van der Waals surface area (Å²) in [6.45, 7) is 43.4. The van der Waals surface area contributed by atoms with Crippen LogP contribution in [0.25, 0.3) is 24.9 Å². The molecule has 42 atom stereocenters. The topological polar surface area (TPSA) is 86.2 Å². The zero-order valence-electron chi connectivity index (χ0n) is 92.3. The van der Waals surface area contributed by atoms with Gasteiger partial charge in [0, 0.05) is 34.7 Å². The number of benzene rings is 1. The van der Waals surface area contributed by atoms with E-state index >= 15 is 0 Å². The minimum atomic E-state index is -1.78. The molecule has 0 spiro atoms.